The molecule has 1 aromatic rings. The molecular formula is C17H24ClN3OS. The Balaban J connectivity index is 1.40. The molecule has 0 bridgehead atoms. The summed E-state index contributed by atoms with van der Waals surface area (Å²) in [5.74, 6) is 1.68. The van der Waals surface area contributed by atoms with Crippen LogP contribution in [0.3, 0.4) is 0 Å². The predicted molar refractivity (Wildman–Crippen MR) is 96.1 cm³/mol. The van der Waals surface area contributed by atoms with Crippen molar-refractivity contribution in [2.45, 2.75) is 11.3 Å². The maximum Gasteiger partial charge on any atom is 0.229 e. The summed E-state index contributed by atoms with van der Waals surface area (Å²) in [5.41, 5.74) is -0.210. The first-order valence-electron chi connectivity index (χ1n) is 8.16. The van der Waals surface area contributed by atoms with Gasteiger partial charge in [-0.15, -0.1) is 11.8 Å². The van der Waals surface area contributed by atoms with Gasteiger partial charge in [0.2, 0.25) is 5.91 Å². The third kappa shape index (κ3) is 3.85. The third-order valence-electron chi connectivity index (χ3n) is 4.84. The van der Waals surface area contributed by atoms with Crippen molar-refractivity contribution in [2.24, 2.45) is 11.3 Å². The van der Waals surface area contributed by atoms with E-state index >= 15 is 0 Å². The first-order chi connectivity index (χ1) is 11.1. The average molecular weight is 354 g/mol. The molecule has 2 N–H and O–H groups in total. The molecule has 2 aliphatic heterocycles. The summed E-state index contributed by atoms with van der Waals surface area (Å²) in [6.07, 6.45) is 0.975. The van der Waals surface area contributed by atoms with Crippen LogP contribution in [0.15, 0.2) is 29.2 Å². The monoisotopic (exact) mass is 353 g/mol. The van der Waals surface area contributed by atoms with E-state index in [1.165, 1.54) is 4.90 Å². The number of thioether (sulfide) groups is 1. The number of carbonyl (C=O) groups excluding carboxylic acids is 1. The summed E-state index contributed by atoms with van der Waals surface area (Å²) in [6, 6.07) is 7.89. The lowest BCUT2D eigenvalue weighted by Gasteiger charge is -2.26. The quantitative estimate of drug-likeness (QED) is 0.607. The fourth-order valence-electron chi connectivity index (χ4n) is 3.66. The molecule has 0 aromatic heterocycles. The molecule has 23 heavy (non-hydrogen) atoms. The summed E-state index contributed by atoms with van der Waals surface area (Å²) in [4.78, 5) is 16.2. The van der Waals surface area contributed by atoms with Gasteiger partial charge in [-0.1, -0.05) is 11.6 Å². The van der Waals surface area contributed by atoms with E-state index in [4.69, 9.17) is 11.6 Å². The summed E-state index contributed by atoms with van der Waals surface area (Å²) < 4.78 is 0. The van der Waals surface area contributed by atoms with E-state index in [1.54, 1.807) is 11.8 Å². The van der Waals surface area contributed by atoms with Gasteiger partial charge in [0.25, 0.3) is 0 Å². The molecule has 3 rings (SSSR count). The Labute approximate surface area is 147 Å². The third-order valence-corrected chi connectivity index (χ3v) is 6.19. The van der Waals surface area contributed by atoms with Gasteiger partial charge >= 0.3 is 0 Å². The first kappa shape index (κ1) is 17.1. The maximum absolute atomic E-state index is 12.7. The fourth-order valence-corrected chi connectivity index (χ4v) is 4.64. The minimum Gasteiger partial charge on any atom is -0.355 e. The van der Waals surface area contributed by atoms with E-state index in [9.17, 15) is 4.79 Å². The molecule has 0 aliphatic carbocycles. The Morgan fingerprint density at radius 1 is 1.48 bits per heavy atom. The zero-order chi connectivity index (χ0) is 16.3. The molecule has 2 aliphatic rings. The molecule has 126 valence electrons. The number of amides is 1. The highest BCUT2D eigenvalue weighted by Gasteiger charge is 2.53. The van der Waals surface area contributed by atoms with Crippen molar-refractivity contribution in [3.8, 4) is 0 Å². The van der Waals surface area contributed by atoms with Crippen molar-refractivity contribution in [3.05, 3.63) is 29.3 Å². The molecule has 2 heterocycles. The van der Waals surface area contributed by atoms with Gasteiger partial charge in [-0.25, -0.2) is 0 Å². The number of halogens is 1. The number of hydrogen-bond acceptors (Lipinski definition) is 4. The summed E-state index contributed by atoms with van der Waals surface area (Å²) in [6.45, 7) is 4.41. The Hall–Kier alpha value is -0.750. The van der Waals surface area contributed by atoms with Crippen molar-refractivity contribution in [1.29, 1.82) is 0 Å². The molecule has 0 radical (unpaired) electrons. The lowest BCUT2D eigenvalue weighted by molar-refractivity contribution is -0.130. The van der Waals surface area contributed by atoms with Crippen LogP contribution in [-0.4, -0.2) is 56.3 Å². The van der Waals surface area contributed by atoms with Gasteiger partial charge in [0, 0.05) is 48.6 Å². The molecule has 0 unspecified atom stereocenters. The highest BCUT2D eigenvalue weighted by molar-refractivity contribution is 7.99. The van der Waals surface area contributed by atoms with Crippen molar-refractivity contribution >= 4 is 29.3 Å². The van der Waals surface area contributed by atoms with E-state index in [0.717, 1.165) is 49.9 Å². The molecule has 1 amide bonds. The van der Waals surface area contributed by atoms with Gasteiger partial charge in [-0.05, 0) is 43.5 Å². The van der Waals surface area contributed by atoms with E-state index in [1.807, 2.05) is 24.3 Å². The second-order valence-electron chi connectivity index (χ2n) is 6.59. The number of hydrogen-bond donors (Lipinski definition) is 2. The molecule has 2 saturated heterocycles. The van der Waals surface area contributed by atoms with Crippen LogP contribution < -0.4 is 10.6 Å². The zero-order valence-corrected chi connectivity index (χ0v) is 15.1. The smallest absolute Gasteiger partial charge is 0.229 e. The average Bonchev–Trinajstić information content (AvgIpc) is 3.05. The minimum absolute atomic E-state index is 0.210. The van der Waals surface area contributed by atoms with Crippen LogP contribution in [0.5, 0.6) is 0 Å². The van der Waals surface area contributed by atoms with Gasteiger partial charge in [0.15, 0.2) is 0 Å². The van der Waals surface area contributed by atoms with Crippen molar-refractivity contribution in [2.75, 3.05) is 45.5 Å². The van der Waals surface area contributed by atoms with Crippen LogP contribution in [-0.2, 0) is 4.79 Å². The van der Waals surface area contributed by atoms with Gasteiger partial charge in [0.05, 0.1) is 5.41 Å². The van der Waals surface area contributed by atoms with Gasteiger partial charge in [-0.3, -0.25) is 4.79 Å². The number of fused-ring (bicyclic) bond motifs is 1. The highest BCUT2D eigenvalue weighted by atomic mass is 35.5. The molecule has 6 heteroatoms. The normalized spacial score (nSPS) is 27.1. The Morgan fingerprint density at radius 2 is 2.26 bits per heavy atom. The van der Waals surface area contributed by atoms with Crippen LogP contribution in [0, 0.1) is 11.3 Å². The number of nitrogens with zero attached hydrogens (tertiary/aromatic N) is 1. The van der Waals surface area contributed by atoms with Crippen molar-refractivity contribution in [1.82, 2.24) is 15.5 Å². The predicted octanol–water partition coefficient (Wildman–Crippen LogP) is 2.09. The van der Waals surface area contributed by atoms with Crippen LogP contribution in [0.1, 0.15) is 6.42 Å². The van der Waals surface area contributed by atoms with Crippen molar-refractivity contribution < 1.29 is 4.79 Å². The summed E-state index contributed by atoms with van der Waals surface area (Å²) in [5, 5.41) is 7.32. The van der Waals surface area contributed by atoms with Gasteiger partial charge < -0.3 is 15.5 Å². The number of nitrogens with one attached hydrogen (secondary N) is 2. The lowest BCUT2D eigenvalue weighted by atomic mass is 9.80. The molecule has 0 spiro atoms. The number of carbonyl (C=O) groups is 1. The number of benzene rings is 1. The molecule has 4 nitrogen and oxygen atoms in total. The molecular weight excluding hydrogens is 330 g/mol. The zero-order valence-electron chi connectivity index (χ0n) is 13.5. The minimum atomic E-state index is -0.210. The molecule has 2 atom stereocenters. The number of rotatable bonds is 6. The highest BCUT2D eigenvalue weighted by Crippen LogP contribution is 2.38. The van der Waals surface area contributed by atoms with Crippen LogP contribution in [0.2, 0.25) is 5.02 Å². The SMILES string of the molecule is CN1C[C@H]2CNC[C@@]2(C(=O)NCCCSc2ccc(Cl)cc2)C1. The Bertz CT molecular complexity index is 553. The summed E-state index contributed by atoms with van der Waals surface area (Å²) in [7, 11) is 2.11. The second kappa shape index (κ2) is 7.43. The van der Waals surface area contributed by atoms with Crippen LogP contribution >= 0.6 is 23.4 Å². The van der Waals surface area contributed by atoms with Gasteiger partial charge in [-0.2, -0.15) is 0 Å². The van der Waals surface area contributed by atoms with Crippen LogP contribution in [0.4, 0.5) is 0 Å². The Morgan fingerprint density at radius 3 is 3.04 bits per heavy atom. The Kier molecular flexibility index (Phi) is 5.52. The largest absolute Gasteiger partial charge is 0.355 e. The maximum atomic E-state index is 12.7. The standard InChI is InChI=1S/C17H24ClN3OS/c1-21-10-13-9-19-11-17(13,12-21)16(22)20-7-2-8-23-15-5-3-14(18)4-6-15/h3-6,13,19H,2,7-12H2,1H3,(H,20,22)/t13-,17-/m1/s1. The topological polar surface area (TPSA) is 44.4 Å². The summed E-state index contributed by atoms with van der Waals surface area (Å²) >= 11 is 7.68. The molecule has 2 fully saturated rings. The second-order valence-corrected chi connectivity index (χ2v) is 8.20. The van der Waals surface area contributed by atoms with E-state index in [0.29, 0.717) is 5.92 Å². The van der Waals surface area contributed by atoms with E-state index < -0.39 is 0 Å². The van der Waals surface area contributed by atoms with Crippen molar-refractivity contribution in [3.63, 3.8) is 0 Å². The lowest BCUT2D eigenvalue weighted by Crippen LogP contribution is -2.47. The first-order valence-corrected chi connectivity index (χ1v) is 9.52. The van der Waals surface area contributed by atoms with Gasteiger partial charge in [0.1, 0.15) is 0 Å². The van der Waals surface area contributed by atoms with E-state index in [2.05, 4.69) is 22.6 Å². The fraction of sp³-hybridized carbons (Fsp3) is 0.588. The molecule has 1 aromatic carbocycles. The van der Waals surface area contributed by atoms with Crippen LogP contribution in [0.25, 0.3) is 0 Å². The van der Waals surface area contributed by atoms with E-state index in [-0.39, 0.29) is 11.3 Å². The number of likely N-dealkylation sites (tertiary alicyclic amines) is 1. The molecule has 0 saturated carbocycles.